The number of halogens is 2. The SMILES string of the molecule is Cc1c(S(=O)(=O)Nc2ccc(F)cc2F)c(N)nn1C. The second-order valence-electron chi connectivity index (χ2n) is 4.15. The average molecular weight is 302 g/mol. The van der Waals surface area contributed by atoms with Gasteiger partial charge in [-0.2, -0.15) is 5.10 Å². The predicted molar refractivity (Wildman–Crippen MR) is 69.5 cm³/mol. The third-order valence-electron chi connectivity index (χ3n) is 2.75. The smallest absolute Gasteiger partial charge is 0.267 e. The van der Waals surface area contributed by atoms with Crippen molar-refractivity contribution in [3.63, 3.8) is 0 Å². The van der Waals surface area contributed by atoms with E-state index in [2.05, 4.69) is 5.10 Å². The maximum absolute atomic E-state index is 13.5. The molecule has 0 saturated heterocycles. The van der Waals surface area contributed by atoms with Crippen LogP contribution in [0.3, 0.4) is 0 Å². The van der Waals surface area contributed by atoms with E-state index in [1.165, 1.54) is 18.7 Å². The van der Waals surface area contributed by atoms with E-state index in [0.29, 0.717) is 11.8 Å². The van der Waals surface area contributed by atoms with E-state index in [1.54, 1.807) is 0 Å². The first-order chi connectivity index (χ1) is 9.22. The summed E-state index contributed by atoms with van der Waals surface area (Å²) in [7, 11) is -2.58. The number of aromatic nitrogens is 2. The summed E-state index contributed by atoms with van der Waals surface area (Å²) in [6.45, 7) is 1.51. The molecular weight excluding hydrogens is 290 g/mol. The van der Waals surface area contributed by atoms with Gasteiger partial charge in [-0.05, 0) is 19.1 Å². The summed E-state index contributed by atoms with van der Waals surface area (Å²) in [6.07, 6.45) is 0. The van der Waals surface area contributed by atoms with Gasteiger partial charge in [0.25, 0.3) is 10.0 Å². The Morgan fingerprint density at radius 3 is 2.50 bits per heavy atom. The van der Waals surface area contributed by atoms with Gasteiger partial charge in [0.2, 0.25) is 0 Å². The van der Waals surface area contributed by atoms with Gasteiger partial charge in [0.15, 0.2) is 10.7 Å². The highest BCUT2D eigenvalue weighted by molar-refractivity contribution is 7.93. The van der Waals surface area contributed by atoms with Gasteiger partial charge in [-0.1, -0.05) is 0 Å². The zero-order valence-corrected chi connectivity index (χ0v) is 11.5. The fourth-order valence-electron chi connectivity index (χ4n) is 1.71. The first-order valence-corrected chi connectivity index (χ1v) is 6.97. The quantitative estimate of drug-likeness (QED) is 0.896. The third kappa shape index (κ3) is 2.44. The van der Waals surface area contributed by atoms with Crippen molar-refractivity contribution >= 4 is 21.5 Å². The maximum atomic E-state index is 13.5. The van der Waals surface area contributed by atoms with E-state index in [1.807, 2.05) is 4.72 Å². The first kappa shape index (κ1) is 14.3. The van der Waals surface area contributed by atoms with Gasteiger partial charge in [0.1, 0.15) is 11.6 Å². The second kappa shape index (κ2) is 4.75. The van der Waals surface area contributed by atoms with E-state index >= 15 is 0 Å². The number of nitrogens with zero attached hydrogens (tertiary/aromatic N) is 2. The molecule has 1 aromatic heterocycles. The predicted octanol–water partition coefficient (Wildman–Crippen LogP) is 1.39. The molecule has 0 unspecified atom stereocenters. The molecule has 108 valence electrons. The standard InChI is InChI=1S/C11H12F2N4O2S/c1-6-10(11(14)15-17(6)2)20(18,19)16-9-4-3-7(12)5-8(9)13/h3-5,16H,1-2H3,(H2,14,15). The zero-order chi connectivity index (χ0) is 15.1. The van der Waals surface area contributed by atoms with Gasteiger partial charge in [-0.3, -0.25) is 9.40 Å². The Balaban J connectivity index is 2.46. The summed E-state index contributed by atoms with van der Waals surface area (Å²) >= 11 is 0. The monoisotopic (exact) mass is 302 g/mol. The molecule has 0 saturated carbocycles. The molecule has 1 heterocycles. The van der Waals surface area contributed by atoms with Gasteiger partial charge >= 0.3 is 0 Å². The van der Waals surface area contributed by atoms with Crippen molar-refractivity contribution in [3.8, 4) is 0 Å². The van der Waals surface area contributed by atoms with Gasteiger partial charge in [0, 0.05) is 13.1 Å². The number of hydrogen-bond donors (Lipinski definition) is 2. The lowest BCUT2D eigenvalue weighted by Gasteiger charge is -2.09. The minimum absolute atomic E-state index is 0.194. The first-order valence-electron chi connectivity index (χ1n) is 5.49. The van der Waals surface area contributed by atoms with Crippen molar-refractivity contribution in [2.45, 2.75) is 11.8 Å². The summed E-state index contributed by atoms with van der Waals surface area (Å²) in [6, 6.07) is 2.52. The second-order valence-corrected chi connectivity index (χ2v) is 5.77. The van der Waals surface area contributed by atoms with Crippen LogP contribution < -0.4 is 10.5 Å². The number of benzene rings is 1. The molecule has 0 amide bonds. The highest BCUT2D eigenvalue weighted by Crippen LogP contribution is 2.25. The molecule has 2 aromatic rings. The molecule has 0 aliphatic heterocycles. The Bertz CT molecular complexity index is 771. The summed E-state index contributed by atoms with van der Waals surface area (Å²) < 4.78 is 54.0. The number of hydrogen-bond acceptors (Lipinski definition) is 4. The van der Waals surface area contributed by atoms with E-state index in [-0.39, 0.29) is 16.4 Å². The molecule has 0 aliphatic rings. The van der Waals surface area contributed by atoms with Gasteiger partial charge in [0.05, 0.1) is 11.4 Å². The maximum Gasteiger partial charge on any atom is 0.267 e. The van der Waals surface area contributed by atoms with E-state index in [0.717, 1.165) is 12.1 Å². The molecule has 0 fully saturated rings. The largest absolute Gasteiger partial charge is 0.381 e. The highest BCUT2D eigenvalue weighted by Gasteiger charge is 2.25. The number of aryl methyl sites for hydroxylation is 1. The van der Waals surface area contributed by atoms with Crippen LogP contribution in [0.1, 0.15) is 5.69 Å². The fourth-order valence-corrected chi connectivity index (χ4v) is 3.11. The zero-order valence-electron chi connectivity index (χ0n) is 10.7. The van der Waals surface area contributed by atoms with Gasteiger partial charge < -0.3 is 5.73 Å². The fraction of sp³-hybridized carbons (Fsp3) is 0.182. The Kier molecular flexibility index (Phi) is 3.38. The van der Waals surface area contributed by atoms with Gasteiger partial charge in [-0.15, -0.1) is 0 Å². The number of nitrogens with two attached hydrogens (primary N) is 1. The van der Waals surface area contributed by atoms with Crippen molar-refractivity contribution in [1.82, 2.24) is 9.78 Å². The van der Waals surface area contributed by atoms with Crippen LogP contribution in [0, 0.1) is 18.6 Å². The van der Waals surface area contributed by atoms with Gasteiger partial charge in [-0.25, -0.2) is 17.2 Å². The molecule has 0 spiro atoms. The van der Waals surface area contributed by atoms with Crippen molar-refractivity contribution in [2.75, 3.05) is 10.5 Å². The van der Waals surface area contributed by atoms with Crippen LogP contribution in [0.25, 0.3) is 0 Å². The van der Waals surface area contributed by atoms with Crippen LogP contribution in [0.5, 0.6) is 0 Å². The molecule has 6 nitrogen and oxygen atoms in total. The number of sulfonamides is 1. The molecule has 20 heavy (non-hydrogen) atoms. The topological polar surface area (TPSA) is 90.0 Å². The van der Waals surface area contributed by atoms with Crippen molar-refractivity contribution in [1.29, 1.82) is 0 Å². The van der Waals surface area contributed by atoms with Crippen molar-refractivity contribution in [3.05, 3.63) is 35.5 Å². The molecule has 2 rings (SSSR count). The number of anilines is 2. The molecule has 9 heteroatoms. The van der Waals surface area contributed by atoms with Crippen LogP contribution in [-0.4, -0.2) is 18.2 Å². The molecule has 0 aliphatic carbocycles. The Hall–Kier alpha value is -2.16. The van der Waals surface area contributed by atoms with Crippen LogP contribution in [-0.2, 0) is 17.1 Å². The number of rotatable bonds is 3. The minimum Gasteiger partial charge on any atom is -0.381 e. The lowest BCUT2D eigenvalue weighted by atomic mass is 10.3. The molecule has 1 aromatic carbocycles. The summed E-state index contributed by atoms with van der Waals surface area (Å²) in [5.41, 5.74) is 5.48. The summed E-state index contributed by atoms with van der Waals surface area (Å²) in [4.78, 5) is -0.233. The minimum atomic E-state index is -4.11. The molecular formula is C11H12F2N4O2S. The molecule has 0 bridgehead atoms. The summed E-state index contributed by atoms with van der Waals surface area (Å²) in [5.74, 6) is -2.02. The Labute approximate surface area is 114 Å². The van der Waals surface area contributed by atoms with Crippen molar-refractivity contribution < 1.29 is 17.2 Å². The third-order valence-corrected chi connectivity index (χ3v) is 4.28. The average Bonchev–Trinajstić information content (AvgIpc) is 2.57. The normalized spacial score (nSPS) is 11.6. The van der Waals surface area contributed by atoms with E-state index in [9.17, 15) is 17.2 Å². The van der Waals surface area contributed by atoms with Crippen LogP contribution in [0.4, 0.5) is 20.3 Å². The van der Waals surface area contributed by atoms with Crippen LogP contribution in [0.15, 0.2) is 23.1 Å². The number of nitrogen functional groups attached to an aromatic ring is 1. The number of nitrogens with one attached hydrogen (secondary N) is 1. The highest BCUT2D eigenvalue weighted by atomic mass is 32.2. The molecule has 3 N–H and O–H groups in total. The van der Waals surface area contributed by atoms with E-state index < -0.39 is 21.7 Å². The Morgan fingerprint density at radius 1 is 1.35 bits per heavy atom. The Morgan fingerprint density at radius 2 is 2.00 bits per heavy atom. The molecule has 0 radical (unpaired) electrons. The lowest BCUT2D eigenvalue weighted by molar-refractivity contribution is 0.582. The van der Waals surface area contributed by atoms with Crippen LogP contribution >= 0.6 is 0 Å². The summed E-state index contributed by atoms with van der Waals surface area (Å²) in [5, 5.41) is 3.78. The van der Waals surface area contributed by atoms with Crippen LogP contribution in [0.2, 0.25) is 0 Å². The lowest BCUT2D eigenvalue weighted by Crippen LogP contribution is -2.16. The van der Waals surface area contributed by atoms with E-state index in [4.69, 9.17) is 5.73 Å². The molecule has 0 atom stereocenters. The van der Waals surface area contributed by atoms with Crippen molar-refractivity contribution in [2.24, 2.45) is 7.05 Å².